The Balaban J connectivity index is 1.63. The largest absolute Gasteiger partial charge is 0.328 e. The first kappa shape index (κ1) is 10.7. The van der Waals surface area contributed by atoms with Crippen LogP contribution in [0.4, 0.5) is 0 Å². The van der Waals surface area contributed by atoms with Crippen molar-refractivity contribution in [2.24, 2.45) is 0 Å². The van der Waals surface area contributed by atoms with Crippen LogP contribution in [-0.2, 0) is 11.2 Å². The highest BCUT2D eigenvalue weighted by molar-refractivity contribution is 5.80. The van der Waals surface area contributed by atoms with Crippen LogP contribution in [0.5, 0.6) is 0 Å². The number of aromatic amines is 1. The van der Waals surface area contributed by atoms with Gasteiger partial charge in [0.1, 0.15) is 0 Å². The lowest BCUT2D eigenvalue weighted by Crippen LogP contribution is -2.29. The molecule has 1 aromatic heterocycles. The minimum absolute atomic E-state index is 0.0881. The molecule has 2 unspecified atom stereocenters. The predicted octanol–water partition coefficient (Wildman–Crippen LogP) is 1.16. The summed E-state index contributed by atoms with van der Waals surface area (Å²) in [4.78, 5) is 14.4. The number of nitrogens with zero attached hydrogens (tertiary/aromatic N) is 4. The fourth-order valence-electron chi connectivity index (χ4n) is 3.37. The molecule has 1 saturated heterocycles. The molecule has 2 bridgehead atoms. The summed E-state index contributed by atoms with van der Waals surface area (Å²) in [6.07, 6.45) is 2.33. The lowest BCUT2D eigenvalue weighted by molar-refractivity contribution is -0.132. The van der Waals surface area contributed by atoms with Crippen LogP contribution in [0, 0.1) is 0 Å². The maximum Gasteiger partial charge on any atom is 0.231 e. The molecule has 2 aliphatic rings. The van der Waals surface area contributed by atoms with Crippen LogP contribution in [0.3, 0.4) is 0 Å². The van der Waals surface area contributed by atoms with Gasteiger partial charge in [-0.05, 0) is 24.0 Å². The zero-order valence-electron chi connectivity index (χ0n) is 10.3. The third-order valence-corrected chi connectivity index (χ3v) is 4.09. The lowest BCUT2D eigenvalue weighted by atomic mass is 9.92. The van der Waals surface area contributed by atoms with E-state index in [0.717, 1.165) is 12.8 Å². The molecule has 0 aliphatic carbocycles. The average Bonchev–Trinajstić information content (AvgIpc) is 3.13. The third-order valence-electron chi connectivity index (χ3n) is 4.09. The number of carbonyl (C=O) groups is 1. The minimum atomic E-state index is 0.0881. The molecule has 1 aromatic carbocycles. The van der Waals surface area contributed by atoms with Crippen LogP contribution in [0.2, 0.25) is 0 Å². The Labute approximate surface area is 109 Å². The van der Waals surface area contributed by atoms with Crippen molar-refractivity contribution in [2.75, 3.05) is 0 Å². The number of hydrogen-bond donors (Lipinski definition) is 1. The first-order valence-electron chi connectivity index (χ1n) is 6.47. The lowest BCUT2D eigenvalue weighted by Gasteiger charge is -2.21. The molecule has 0 spiro atoms. The molecule has 0 radical (unpaired) electrons. The van der Waals surface area contributed by atoms with E-state index in [-0.39, 0.29) is 24.4 Å². The highest BCUT2D eigenvalue weighted by atomic mass is 16.2. The molecule has 4 rings (SSSR count). The maximum absolute atomic E-state index is 12.4. The van der Waals surface area contributed by atoms with Gasteiger partial charge in [-0.15, -0.1) is 10.2 Å². The highest BCUT2D eigenvalue weighted by Gasteiger charge is 2.45. The molecule has 1 fully saturated rings. The first-order valence-corrected chi connectivity index (χ1v) is 6.47. The van der Waals surface area contributed by atoms with Crippen molar-refractivity contribution in [3.63, 3.8) is 0 Å². The van der Waals surface area contributed by atoms with Gasteiger partial charge in [-0.3, -0.25) is 4.79 Å². The number of fused-ring (bicyclic) bond motifs is 5. The molecule has 2 aromatic rings. The zero-order valence-corrected chi connectivity index (χ0v) is 10.3. The summed E-state index contributed by atoms with van der Waals surface area (Å²) in [5.74, 6) is 0.547. The molecular formula is C13H13N5O. The summed E-state index contributed by atoms with van der Waals surface area (Å²) in [6, 6.07) is 8.82. The van der Waals surface area contributed by atoms with E-state index in [1.54, 1.807) is 0 Å². The van der Waals surface area contributed by atoms with Gasteiger partial charge in [-0.2, -0.15) is 5.21 Å². The van der Waals surface area contributed by atoms with Crippen LogP contribution >= 0.6 is 0 Å². The molecular weight excluding hydrogens is 242 g/mol. The van der Waals surface area contributed by atoms with E-state index in [0.29, 0.717) is 5.82 Å². The summed E-state index contributed by atoms with van der Waals surface area (Å²) < 4.78 is 0. The normalized spacial score (nSPS) is 23.7. The average molecular weight is 255 g/mol. The van der Waals surface area contributed by atoms with Crippen LogP contribution in [0.1, 0.15) is 41.9 Å². The molecule has 6 nitrogen and oxygen atoms in total. The van der Waals surface area contributed by atoms with Crippen molar-refractivity contribution in [1.82, 2.24) is 25.5 Å². The second kappa shape index (κ2) is 3.88. The van der Waals surface area contributed by atoms with Gasteiger partial charge in [0.05, 0.1) is 18.5 Å². The number of aromatic nitrogens is 4. The van der Waals surface area contributed by atoms with Gasteiger partial charge in [-0.25, -0.2) is 0 Å². The molecule has 2 aliphatic heterocycles. The molecule has 96 valence electrons. The van der Waals surface area contributed by atoms with Crippen LogP contribution in [-0.4, -0.2) is 31.4 Å². The summed E-state index contributed by atoms with van der Waals surface area (Å²) >= 11 is 0. The van der Waals surface area contributed by atoms with Gasteiger partial charge in [-0.1, -0.05) is 29.5 Å². The molecule has 1 N–H and O–H groups in total. The Kier molecular flexibility index (Phi) is 2.18. The van der Waals surface area contributed by atoms with Crippen LogP contribution in [0.15, 0.2) is 24.3 Å². The number of benzene rings is 1. The van der Waals surface area contributed by atoms with Crippen molar-refractivity contribution in [1.29, 1.82) is 0 Å². The number of rotatable bonds is 2. The number of tetrazole rings is 1. The topological polar surface area (TPSA) is 74.8 Å². The van der Waals surface area contributed by atoms with Gasteiger partial charge in [0.25, 0.3) is 0 Å². The fourth-order valence-corrected chi connectivity index (χ4v) is 3.37. The number of H-pyrrole nitrogens is 1. The van der Waals surface area contributed by atoms with Gasteiger partial charge in [0, 0.05) is 0 Å². The summed E-state index contributed by atoms with van der Waals surface area (Å²) in [7, 11) is 0. The minimum Gasteiger partial charge on any atom is -0.328 e. The quantitative estimate of drug-likeness (QED) is 0.873. The van der Waals surface area contributed by atoms with E-state index in [4.69, 9.17) is 0 Å². The van der Waals surface area contributed by atoms with E-state index < -0.39 is 0 Å². The van der Waals surface area contributed by atoms with Crippen LogP contribution in [0.25, 0.3) is 0 Å². The predicted molar refractivity (Wildman–Crippen MR) is 65.9 cm³/mol. The van der Waals surface area contributed by atoms with E-state index in [2.05, 4.69) is 32.8 Å². The number of carbonyl (C=O) groups excluding carboxylic acids is 1. The SMILES string of the molecule is O=C(Cc1nn[nH]n1)N1C2CCC1c1ccccc12. The molecule has 2 atom stereocenters. The fraction of sp³-hybridized carbons (Fsp3) is 0.385. The van der Waals surface area contributed by atoms with Crippen LogP contribution < -0.4 is 0 Å². The summed E-state index contributed by atoms with van der Waals surface area (Å²) in [5.41, 5.74) is 2.61. The van der Waals surface area contributed by atoms with Gasteiger partial charge < -0.3 is 4.90 Å². The number of amides is 1. The standard InChI is InChI=1S/C13H13N5O/c19-13(7-12-14-16-17-15-12)18-10-5-6-11(18)9-4-2-1-3-8(9)10/h1-4,10-11H,5-7H2,(H,14,15,16,17). The second-order valence-electron chi connectivity index (χ2n) is 5.04. The Morgan fingerprint density at radius 1 is 1.26 bits per heavy atom. The van der Waals surface area contributed by atoms with Crippen molar-refractivity contribution in [3.05, 3.63) is 41.2 Å². The summed E-state index contributed by atoms with van der Waals surface area (Å²) in [6.45, 7) is 0. The van der Waals surface area contributed by atoms with E-state index >= 15 is 0 Å². The molecule has 6 heteroatoms. The van der Waals surface area contributed by atoms with Gasteiger partial charge in [0.15, 0.2) is 5.82 Å². The first-order chi connectivity index (χ1) is 9.34. The monoisotopic (exact) mass is 255 g/mol. The zero-order chi connectivity index (χ0) is 12.8. The Bertz CT molecular complexity index is 593. The van der Waals surface area contributed by atoms with Crippen molar-refractivity contribution in [2.45, 2.75) is 31.3 Å². The van der Waals surface area contributed by atoms with E-state index in [1.807, 2.05) is 17.0 Å². The molecule has 0 saturated carbocycles. The van der Waals surface area contributed by atoms with Crippen molar-refractivity contribution in [3.8, 4) is 0 Å². The molecule has 1 amide bonds. The Morgan fingerprint density at radius 2 is 1.95 bits per heavy atom. The van der Waals surface area contributed by atoms with E-state index in [9.17, 15) is 4.79 Å². The van der Waals surface area contributed by atoms with Crippen molar-refractivity contribution >= 4 is 5.91 Å². The highest BCUT2D eigenvalue weighted by Crippen LogP contribution is 2.52. The Morgan fingerprint density at radius 3 is 2.53 bits per heavy atom. The van der Waals surface area contributed by atoms with Crippen molar-refractivity contribution < 1.29 is 4.79 Å². The summed E-state index contributed by atoms with van der Waals surface area (Å²) in [5, 5.41) is 13.6. The number of nitrogens with one attached hydrogen (secondary N) is 1. The van der Waals surface area contributed by atoms with Gasteiger partial charge >= 0.3 is 0 Å². The molecule has 19 heavy (non-hydrogen) atoms. The number of hydrogen-bond acceptors (Lipinski definition) is 4. The van der Waals surface area contributed by atoms with E-state index in [1.165, 1.54) is 11.1 Å². The smallest absolute Gasteiger partial charge is 0.231 e. The molecule has 3 heterocycles. The van der Waals surface area contributed by atoms with Gasteiger partial charge in [0.2, 0.25) is 5.91 Å². The Hall–Kier alpha value is -2.24. The second-order valence-corrected chi connectivity index (χ2v) is 5.04. The maximum atomic E-state index is 12.4. The third kappa shape index (κ3) is 1.49.